The number of ether oxygens (including phenoxy) is 1. The first-order valence-corrected chi connectivity index (χ1v) is 13.5. The third-order valence-corrected chi connectivity index (χ3v) is 9.61. The fourth-order valence-electron chi connectivity index (χ4n) is 7.06. The van der Waals surface area contributed by atoms with Crippen LogP contribution in [0.25, 0.3) is 0 Å². The lowest BCUT2D eigenvalue weighted by Crippen LogP contribution is -2.78. The molecule has 9 heteroatoms. The van der Waals surface area contributed by atoms with E-state index in [0.29, 0.717) is 13.1 Å². The van der Waals surface area contributed by atoms with Crippen molar-refractivity contribution in [3.05, 3.63) is 29.8 Å². The molecule has 3 heterocycles. The Kier molecular flexibility index (Phi) is 7.18. The Hall–Kier alpha value is -2.20. The molecule has 0 amide bonds. The number of hydroxylamine groups is 4. The molecule has 3 saturated heterocycles. The quantitative estimate of drug-likeness (QED) is 0.535. The van der Waals surface area contributed by atoms with Gasteiger partial charge in [0.05, 0.1) is 32.3 Å². The van der Waals surface area contributed by atoms with Gasteiger partial charge in [-0.3, -0.25) is 9.80 Å². The summed E-state index contributed by atoms with van der Waals surface area (Å²) in [6, 6.07) is 7.59. The zero-order valence-corrected chi connectivity index (χ0v) is 25.0. The summed E-state index contributed by atoms with van der Waals surface area (Å²) in [4.78, 5) is 42.9. The summed E-state index contributed by atoms with van der Waals surface area (Å²) in [6.07, 6.45) is -0.437. The summed E-state index contributed by atoms with van der Waals surface area (Å²) in [6.45, 7) is 18.5. The van der Waals surface area contributed by atoms with Crippen molar-refractivity contribution in [2.24, 2.45) is 0 Å². The average Bonchev–Trinajstić information content (AvgIpc) is 2.79. The molecule has 0 saturated carbocycles. The van der Waals surface area contributed by atoms with E-state index < -0.39 is 29.4 Å². The number of hydrogen-bond acceptors (Lipinski definition) is 9. The molecule has 212 valence electrons. The first-order chi connectivity index (χ1) is 17.4. The molecule has 0 radical (unpaired) electrons. The minimum Gasteiger partial charge on any atom is -0.497 e. The van der Waals surface area contributed by atoms with Crippen LogP contribution in [0.5, 0.6) is 5.75 Å². The molecule has 4 rings (SSSR count). The fourth-order valence-corrected chi connectivity index (χ4v) is 7.06. The minimum absolute atomic E-state index is 0.207. The van der Waals surface area contributed by atoms with Crippen molar-refractivity contribution in [1.29, 1.82) is 0 Å². The Morgan fingerprint density at radius 1 is 0.737 bits per heavy atom. The molecule has 0 aromatic heterocycles. The third kappa shape index (κ3) is 4.72. The second kappa shape index (κ2) is 9.47. The van der Waals surface area contributed by atoms with Crippen LogP contribution in [0.3, 0.4) is 0 Å². The largest absolute Gasteiger partial charge is 0.497 e. The van der Waals surface area contributed by atoms with Gasteiger partial charge in [-0.05, 0) is 87.2 Å². The molecular weight excluding hydrogens is 484 g/mol. The molecule has 0 spiro atoms. The number of nitrogens with zero attached hydrogens (tertiary/aromatic N) is 4. The van der Waals surface area contributed by atoms with Crippen molar-refractivity contribution in [3.8, 4) is 5.75 Å². The van der Waals surface area contributed by atoms with E-state index in [0.717, 1.165) is 11.3 Å². The number of carbonyl (C=O) groups excluding carboxylic acids is 2. The van der Waals surface area contributed by atoms with Gasteiger partial charge in [0.2, 0.25) is 0 Å². The summed E-state index contributed by atoms with van der Waals surface area (Å²) < 4.78 is 5.47. The van der Waals surface area contributed by atoms with Gasteiger partial charge in [0, 0.05) is 28.1 Å². The summed E-state index contributed by atoms with van der Waals surface area (Å²) in [5.41, 5.74) is -0.358. The van der Waals surface area contributed by atoms with Crippen molar-refractivity contribution >= 4 is 11.9 Å². The predicted molar refractivity (Wildman–Crippen MR) is 145 cm³/mol. The topological polar surface area (TPSA) is 74.8 Å². The maximum atomic E-state index is 13.0. The van der Waals surface area contributed by atoms with Gasteiger partial charge in [-0.1, -0.05) is 12.1 Å². The lowest BCUT2D eigenvalue weighted by atomic mass is 9.66. The highest BCUT2D eigenvalue weighted by Gasteiger charge is 2.61. The van der Waals surface area contributed by atoms with Crippen LogP contribution >= 0.6 is 0 Å². The maximum absolute atomic E-state index is 13.0. The number of hydrogen-bond donors (Lipinski definition) is 0. The summed E-state index contributed by atoms with van der Waals surface area (Å²) >= 11 is 0. The molecule has 2 atom stereocenters. The molecule has 3 aliphatic heterocycles. The first-order valence-electron chi connectivity index (χ1n) is 13.5. The van der Waals surface area contributed by atoms with Crippen LogP contribution in [-0.2, 0) is 19.3 Å². The van der Waals surface area contributed by atoms with E-state index in [1.807, 2.05) is 22.3 Å². The zero-order chi connectivity index (χ0) is 28.4. The summed E-state index contributed by atoms with van der Waals surface area (Å²) in [5.74, 6) is -0.643. The molecule has 0 aliphatic carbocycles. The van der Waals surface area contributed by atoms with E-state index in [2.05, 4.69) is 91.4 Å². The van der Waals surface area contributed by atoms with E-state index >= 15 is 0 Å². The van der Waals surface area contributed by atoms with Crippen molar-refractivity contribution in [1.82, 2.24) is 19.9 Å². The van der Waals surface area contributed by atoms with Crippen molar-refractivity contribution in [2.45, 2.75) is 102 Å². The van der Waals surface area contributed by atoms with E-state index in [-0.39, 0.29) is 29.1 Å². The van der Waals surface area contributed by atoms with Gasteiger partial charge >= 0.3 is 11.9 Å². The van der Waals surface area contributed by atoms with Crippen LogP contribution < -0.4 is 4.74 Å². The smallest absolute Gasteiger partial charge is 0.336 e. The van der Waals surface area contributed by atoms with E-state index in [1.165, 1.54) is 0 Å². The molecule has 2 unspecified atom stereocenters. The summed E-state index contributed by atoms with van der Waals surface area (Å²) in [5, 5.41) is 3.70. The van der Waals surface area contributed by atoms with Crippen molar-refractivity contribution < 1.29 is 24.0 Å². The number of methoxy groups -OCH3 is 1. The lowest BCUT2D eigenvalue weighted by Gasteiger charge is -2.65. The van der Waals surface area contributed by atoms with Gasteiger partial charge in [-0.25, -0.2) is 9.59 Å². The normalized spacial score (nSPS) is 31.9. The molecule has 1 aromatic carbocycles. The fraction of sp³-hybridized carbons (Fsp3) is 0.724. The number of carbonyl (C=O) groups is 2. The number of piperazine rings is 2. The van der Waals surface area contributed by atoms with Crippen LogP contribution in [0, 0.1) is 0 Å². The highest BCUT2D eigenvalue weighted by Crippen LogP contribution is 2.50. The van der Waals surface area contributed by atoms with E-state index in [4.69, 9.17) is 14.4 Å². The average molecular weight is 531 g/mol. The van der Waals surface area contributed by atoms with Crippen LogP contribution in [0.2, 0.25) is 0 Å². The second-order valence-electron chi connectivity index (χ2n) is 13.5. The van der Waals surface area contributed by atoms with Crippen molar-refractivity contribution in [2.75, 3.05) is 34.3 Å². The summed E-state index contributed by atoms with van der Waals surface area (Å²) in [7, 11) is 5.94. The van der Waals surface area contributed by atoms with Gasteiger partial charge in [-0.2, -0.15) is 0 Å². The highest BCUT2D eigenvalue weighted by molar-refractivity contribution is 5.91. The van der Waals surface area contributed by atoms with Crippen molar-refractivity contribution in [3.63, 3.8) is 0 Å². The number of fused-ring (bicyclic) bond motifs is 2. The third-order valence-electron chi connectivity index (χ3n) is 9.61. The van der Waals surface area contributed by atoms with Crippen LogP contribution in [0.15, 0.2) is 24.3 Å². The number of likely N-dealkylation sites (N-methyl/N-ethyl adjacent to an activating group) is 2. The zero-order valence-electron chi connectivity index (χ0n) is 25.0. The first kappa shape index (κ1) is 28.8. The Morgan fingerprint density at radius 3 is 1.50 bits per heavy atom. The molecule has 0 bridgehead atoms. The van der Waals surface area contributed by atoms with Gasteiger partial charge in [0.25, 0.3) is 0 Å². The Morgan fingerprint density at radius 2 is 1.13 bits per heavy atom. The van der Waals surface area contributed by atoms with E-state index in [9.17, 15) is 9.59 Å². The molecule has 38 heavy (non-hydrogen) atoms. The SMILES string of the molecule is COc1ccc(C2C3N(CC(C)(C)N(C)C3(C)C)OC(=O)CC(=O)ON3CC(C)(C)N(C)C(C)(C)C23)cc1. The predicted octanol–water partition coefficient (Wildman–Crippen LogP) is 3.45. The Bertz CT molecular complexity index is 1010. The van der Waals surface area contributed by atoms with Gasteiger partial charge < -0.3 is 14.4 Å². The van der Waals surface area contributed by atoms with Crippen LogP contribution in [-0.4, -0.2) is 100 Å². The molecule has 3 fully saturated rings. The van der Waals surface area contributed by atoms with E-state index in [1.54, 1.807) is 7.11 Å². The second-order valence-corrected chi connectivity index (χ2v) is 13.5. The van der Waals surface area contributed by atoms with Crippen LogP contribution in [0.4, 0.5) is 0 Å². The highest BCUT2D eigenvalue weighted by atomic mass is 16.7. The monoisotopic (exact) mass is 530 g/mol. The molecular formula is C29H46N4O5. The molecule has 3 aliphatic rings. The standard InChI is InChI=1S/C29H46N4O5/c1-26(2)17-32-24(28(5,6)30(26)9)23(19-12-14-20(36-11)15-13-19)25-29(7,8)31(10)27(3,4)18-33(25)38-22(35)16-21(34)37-32/h12-15,23-25H,16-18H2,1-11H3. The van der Waals surface area contributed by atoms with Gasteiger partial charge in [0.1, 0.15) is 12.2 Å². The Labute approximate surface area is 227 Å². The van der Waals surface area contributed by atoms with Gasteiger partial charge in [-0.15, -0.1) is 10.1 Å². The molecule has 0 N–H and O–H groups in total. The molecule has 9 nitrogen and oxygen atoms in total. The lowest BCUT2D eigenvalue weighted by molar-refractivity contribution is -0.288. The molecule has 1 aromatic rings. The van der Waals surface area contributed by atoms with Crippen LogP contribution in [0.1, 0.15) is 73.3 Å². The van der Waals surface area contributed by atoms with Gasteiger partial charge in [0.15, 0.2) is 0 Å². The number of rotatable bonds is 2. The Balaban J connectivity index is 2.00. The number of benzene rings is 1. The maximum Gasteiger partial charge on any atom is 0.336 e. The minimum atomic E-state index is -0.601.